The van der Waals surface area contributed by atoms with Crippen molar-refractivity contribution in [2.24, 2.45) is 7.05 Å². The Bertz CT molecular complexity index is 569. The molecule has 2 nitrogen and oxygen atoms in total. The van der Waals surface area contributed by atoms with Gasteiger partial charge in [-0.2, -0.15) is 0 Å². The van der Waals surface area contributed by atoms with Gasteiger partial charge in [-0.3, -0.25) is 4.79 Å². The average Bonchev–Trinajstić information content (AvgIpc) is 2.52. The number of rotatable bonds is 2. The van der Waals surface area contributed by atoms with Crippen molar-refractivity contribution in [3.63, 3.8) is 0 Å². The molecule has 2 rings (SSSR count). The first-order valence-corrected chi connectivity index (χ1v) is 5.70. The standard InChI is InChI=1S/C13H14ClNO/c1-4-12(16)10-6-8(2)5-9-11(14)7-15(3)13(9)10/h5-7H,4H2,1-3H3. The predicted molar refractivity (Wildman–Crippen MR) is 67.3 cm³/mol. The highest BCUT2D eigenvalue weighted by atomic mass is 35.5. The number of nitrogens with zero attached hydrogens (tertiary/aromatic N) is 1. The number of hydrogen-bond donors (Lipinski definition) is 0. The zero-order valence-corrected chi connectivity index (χ0v) is 10.4. The average molecular weight is 236 g/mol. The van der Waals surface area contributed by atoms with Gasteiger partial charge >= 0.3 is 0 Å². The lowest BCUT2D eigenvalue weighted by Crippen LogP contribution is -2.01. The Morgan fingerprint density at radius 1 is 1.44 bits per heavy atom. The third kappa shape index (κ3) is 1.63. The van der Waals surface area contributed by atoms with Gasteiger partial charge in [-0.05, 0) is 24.6 Å². The van der Waals surface area contributed by atoms with Crippen molar-refractivity contribution in [1.29, 1.82) is 0 Å². The summed E-state index contributed by atoms with van der Waals surface area (Å²) in [6, 6.07) is 3.95. The Labute approximate surface area is 99.8 Å². The summed E-state index contributed by atoms with van der Waals surface area (Å²) in [4.78, 5) is 11.9. The number of halogens is 1. The summed E-state index contributed by atoms with van der Waals surface area (Å²) in [7, 11) is 1.91. The second kappa shape index (κ2) is 3.95. The van der Waals surface area contributed by atoms with Gasteiger partial charge in [-0.25, -0.2) is 0 Å². The van der Waals surface area contributed by atoms with E-state index < -0.39 is 0 Å². The van der Waals surface area contributed by atoms with E-state index in [9.17, 15) is 4.79 Å². The first kappa shape index (κ1) is 11.2. The lowest BCUT2D eigenvalue weighted by molar-refractivity contribution is 0.0989. The van der Waals surface area contributed by atoms with E-state index in [4.69, 9.17) is 11.6 Å². The Balaban J connectivity index is 2.86. The maximum atomic E-state index is 11.9. The lowest BCUT2D eigenvalue weighted by atomic mass is 10.0. The molecule has 0 atom stereocenters. The van der Waals surface area contributed by atoms with Crippen LogP contribution in [0.3, 0.4) is 0 Å². The Kier molecular flexibility index (Phi) is 2.76. The second-order valence-corrected chi connectivity index (χ2v) is 4.48. The molecule has 0 saturated heterocycles. The van der Waals surface area contributed by atoms with E-state index in [-0.39, 0.29) is 5.78 Å². The second-order valence-electron chi connectivity index (χ2n) is 4.07. The van der Waals surface area contributed by atoms with Crippen molar-refractivity contribution in [2.45, 2.75) is 20.3 Å². The van der Waals surface area contributed by atoms with E-state index in [2.05, 4.69) is 0 Å². The summed E-state index contributed by atoms with van der Waals surface area (Å²) >= 11 is 6.14. The van der Waals surface area contributed by atoms with Crippen LogP contribution in [0, 0.1) is 6.92 Å². The van der Waals surface area contributed by atoms with Crippen LogP contribution >= 0.6 is 11.6 Å². The molecule has 16 heavy (non-hydrogen) atoms. The summed E-state index contributed by atoms with van der Waals surface area (Å²) in [5.41, 5.74) is 2.77. The van der Waals surface area contributed by atoms with Crippen molar-refractivity contribution < 1.29 is 4.79 Å². The Morgan fingerprint density at radius 2 is 2.12 bits per heavy atom. The third-order valence-electron chi connectivity index (χ3n) is 2.79. The summed E-state index contributed by atoms with van der Waals surface area (Å²) in [5.74, 6) is 0.159. The molecule has 84 valence electrons. The number of aryl methyl sites for hydroxylation is 2. The number of carbonyl (C=O) groups excluding carboxylic acids is 1. The van der Waals surface area contributed by atoms with Crippen molar-refractivity contribution in [3.8, 4) is 0 Å². The van der Waals surface area contributed by atoms with Crippen LogP contribution in [0.25, 0.3) is 10.9 Å². The van der Waals surface area contributed by atoms with Gasteiger partial charge in [0.25, 0.3) is 0 Å². The zero-order chi connectivity index (χ0) is 11.9. The fraction of sp³-hybridized carbons (Fsp3) is 0.308. The first-order valence-electron chi connectivity index (χ1n) is 5.33. The molecule has 0 radical (unpaired) electrons. The Hall–Kier alpha value is -1.28. The van der Waals surface area contributed by atoms with E-state index in [0.29, 0.717) is 11.4 Å². The van der Waals surface area contributed by atoms with Gasteiger partial charge < -0.3 is 4.57 Å². The molecule has 1 heterocycles. The first-order chi connectivity index (χ1) is 7.54. The number of Topliss-reactive ketones (excluding diaryl/α,β-unsaturated/α-hetero) is 1. The molecule has 0 amide bonds. The summed E-state index contributed by atoms with van der Waals surface area (Å²) < 4.78 is 1.92. The summed E-state index contributed by atoms with van der Waals surface area (Å²) in [6.45, 7) is 3.86. The predicted octanol–water partition coefficient (Wildman–Crippen LogP) is 3.73. The number of ketones is 1. The molecule has 0 aliphatic carbocycles. The van der Waals surface area contributed by atoms with E-state index >= 15 is 0 Å². The van der Waals surface area contributed by atoms with Crippen LogP contribution in [-0.2, 0) is 7.05 Å². The van der Waals surface area contributed by atoms with Crippen LogP contribution in [0.5, 0.6) is 0 Å². The fourth-order valence-corrected chi connectivity index (χ4v) is 2.34. The molecule has 0 fully saturated rings. The Morgan fingerprint density at radius 3 is 2.75 bits per heavy atom. The van der Waals surface area contributed by atoms with Gasteiger partial charge in [0.2, 0.25) is 0 Å². The van der Waals surface area contributed by atoms with Crippen LogP contribution in [0.15, 0.2) is 18.3 Å². The molecule has 0 saturated carbocycles. The molecule has 1 aromatic heterocycles. The van der Waals surface area contributed by atoms with E-state index in [1.54, 1.807) is 0 Å². The molecule has 0 unspecified atom stereocenters. The highest BCUT2D eigenvalue weighted by Gasteiger charge is 2.14. The van der Waals surface area contributed by atoms with Crippen molar-refractivity contribution in [1.82, 2.24) is 4.57 Å². The smallest absolute Gasteiger partial charge is 0.164 e. The van der Waals surface area contributed by atoms with E-state index in [0.717, 1.165) is 22.0 Å². The minimum absolute atomic E-state index is 0.159. The monoisotopic (exact) mass is 235 g/mol. The fourth-order valence-electron chi connectivity index (χ4n) is 2.05. The highest BCUT2D eigenvalue weighted by Crippen LogP contribution is 2.29. The number of carbonyl (C=O) groups is 1. The molecule has 0 N–H and O–H groups in total. The molecule has 0 aliphatic rings. The van der Waals surface area contributed by atoms with Crippen molar-refractivity contribution in [3.05, 3.63) is 34.5 Å². The molecular weight excluding hydrogens is 222 g/mol. The number of fused-ring (bicyclic) bond motifs is 1. The van der Waals surface area contributed by atoms with Gasteiger partial charge in [-0.15, -0.1) is 0 Å². The normalized spacial score (nSPS) is 11.0. The van der Waals surface area contributed by atoms with Crippen LogP contribution < -0.4 is 0 Å². The van der Waals surface area contributed by atoms with Gasteiger partial charge in [-0.1, -0.05) is 18.5 Å². The molecule has 0 bridgehead atoms. The molecule has 3 heteroatoms. The van der Waals surface area contributed by atoms with Gasteiger partial charge in [0, 0.05) is 30.6 Å². The minimum atomic E-state index is 0.159. The highest BCUT2D eigenvalue weighted by molar-refractivity contribution is 6.36. The molecular formula is C13H14ClNO. The molecule has 0 spiro atoms. The summed E-state index contributed by atoms with van der Waals surface area (Å²) in [5, 5.41) is 1.66. The minimum Gasteiger partial charge on any atom is -0.348 e. The number of hydrogen-bond acceptors (Lipinski definition) is 1. The van der Waals surface area contributed by atoms with Crippen LogP contribution in [0.2, 0.25) is 5.02 Å². The largest absolute Gasteiger partial charge is 0.348 e. The van der Waals surface area contributed by atoms with Crippen LogP contribution in [0.4, 0.5) is 0 Å². The molecule has 0 aliphatic heterocycles. The third-order valence-corrected chi connectivity index (χ3v) is 3.09. The van der Waals surface area contributed by atoms with Crippen molar-refractivity contribution in [2.75, 3.05) is 0 Å². The molecule has 1 aromatic carbocycles. The maximum absolute atomic E-state index is 11.9. The SMILES string of the molecule is CCC(=O)c1cc(C)cc2c(Cl)cn(C)c12. The van der Waals surface area contributed by atoms with Gasteiger partial charge in [0.05, 0.1) is 10.5 Å². The maximum Gasteiger partial charge on any atom is 0.164 e. The zero-order valence-electron chi connectivity index (χ0n) is 9.67. The van der Waals surface area contributed by atoms with Gasteiger partial charge in [0.15, 0.2) is 5.78 Å². The topological polar surface area (TPSA) is 22.0 Å². The van der Waals surface area contributed by atoms with Gasteiger partial charge in [0.1, 0.15) is 0 Å². The van der Waals surface area contributed by atoms with E-state index in [1.807, 2.05) is 43.8 Å². The quantitative estimate of drug-likeness (QED) is 0.727. The van der Waals surface area contributed by atoms with Crippen LogP contribution in [0.1, 0.15) is 29.3 Å². The van der Waals surface area contributed by atoms with Crippen molar-refractivity contribution >= 4 is 28.3 Å². The lowest BCUT2D eigenvalue weighted by Gasteiger charge is -2.05. The molecule has 2 aromatic rings. The van der Waals surface area contributed by atoms with Crippen LogP contribution in [-0.4, -0.2) is 10.4 Å². The van der Waals surface area contributed by atoms with E-state index in [1.165, 1.54) is 0 Å². The number of aromatic nitrogens is 1. The number of benzene rings is 1. The summed E-state index contributed by atoms with van der Waals surface area (Å²) in [6.07, 6.45) is 2.36.